The predicted octanol–water partition coefficient (Wildman–Crippen LogP) is 4.21. The van der Waals surface area contributed by atoms with Gasteiger partial charge in [-0.1, -0.05) is 18.2 Å². The Hall–Kier alpha value is -4.32. The second-order valence-corrected chi connectivity index (χ2v) is 10.7. The number of hydrogen-bond acceptors (Lipinski definition) is 5. The minimum atomic E-state index is -0.876. The summed E-state index contributed by atoms with van der Waals surface area (Å²) in [5, 5.41) is 18.7. The average Bonchev–Trinajstić information content (AvgIpc) is 3.36. The molecular weight excluding hydrogens is 497 g/mol. The predicted molar refractivity (Wildman–Crippen MR) is 144 cm³/mol. The van der Waals surface area contributed by atoms with Gasteiger partial charge in [-0.2, -0.15) is 10.4 Å². The Balaban J connectivity index is 1.53. The third-order valence-electron chi connectivity index (χ3n) is 7.51. The number of nitriles is 1. The number of amides is 2. The lowest BCUT2D eigenvalue weighted by molar-refractivity contribution is -0.137. The number of nitrogens with zero attached hydrogens (tertiary/aromatic N) is 3. The maximum absolute atomic E-state index is 14.0. The topological polar surface area (TPSA) is 119 Å². The Labute approximate surface area is 226 Å². The molecule has 0 spiro atoms. The van der Waals surface area contributed by atoms with Crippen LogP contribution in [0.5, 0.6) is 0 Å². The van der Waals surface area contributed by atoms with Crippen molar-refractivity contribution in [2.45, 2.75) is 65.1 Å². The van der Waals surface area contributed by atoms with Gasteiger partial charge >= 0.3 is 0 Å². The van der Waals surface area contributed by atoms with E-state index in [2.05, 4.69) is 21.6 Å². The number of aromatic amines is 1. The Morgan fingerprint density at radius 3 is 2.64 bits per heavy atom. The number of H-pyrrole nitrogens is 1. The zero-order valence-corrected chi connectivity index (χ0v) is 22.5. The van der Waals surface area contributed by atoms with Gasteiger partial charge in [0.25, 0.3) is 11.5 Å². The highest BCUT2D eigenvalue weighted by Crippen LogP contribution is 2.43. The fourth-order valence-electron chi connectivity index (χ4n) is 5.26. The SMILES string of the molecule is Cc1cc(C(=O)N[C@H](C)C(=O)N2[C@H](c3cccc(F)c3)CC[C@@H]2C(C)(C)C#N)ccc1Cc1ccn[nH]c1=O. The van der Waals surface area contributed by atoms with E-state index in [-0.39, 0.29) is 17.5 Å². The molecule has 2 amide bonds. The van der Waals surface area contributed by atoms with E-state index in [9.17, 15) is 24.0 Å². The van der Waals surface area contributed by atoms with Crippen molar-refractivity contribution in [1.82, 2.24) is 20.4 Å². The first-order chi connectivity index (χ1) is 18.5. The second kappa shape index (κ2) is 11.2. The van der Waals surface area contributed by atoms with Crippen LogP contribution in [0.25, 0.3) is 0 Å². The van der Waals surface area contributed by atoms with Crippen molar-refractivity contribution in [3.05, 3.63) is 98.7 Å². The molecule has 0 saturated carbocycles. The van der Waals surface area contributed by atoms with Gasteiger partial charge in [0.1, 0.15) is 11.9 Å². The van der Waals surface area contributed by atoms with E-state index >= 15 is 0 Å². The van der Waals surface area contributed by atoms with Gasteiger partial charge < -0.3 is 10.2 Å². The third-order valence-corrected chi connectivity index (χ3v) is 7.51. The summed E-state index contributed by atoms with van der Waals surface area (Å²) >= 11 is 0. The highest BCUT2D eigenvalue weighted by molar-refractivity contribution is 5.97. The highest BCUT2D eigenvalue weighted by Gasteiger charge is 2.46. The zero-order valence-electron chi connectivity index (χ0n) is 22.5. The summed E-state index contributed by atoms with van der Waals surface area (Å²) in [6.07, 6.45) is 3.10. The first-order valence-corrected chi connectivity index (χ1v) is 12.9. The van der Waals surface area contributed by atoms with Crippen molar-refractivity contribution >= 4 is 11.8 Å². The molecular formula is C30H32FN5O3. The normalized spacial score (nSPS) is 17.9. The maximum Gasteiger partial charge on any atom is 0.267 e. The number of aromatic nitrogens is 2. The Bertz CT molecular complexity index is 1490. The molecule has 1 aromatic heterocycles. The molecule has 0 bridgehead atoms. The number of carbonyl (C=O) groups is 2. The summed E-state index contributed by atoms with van der Waals surface area (Å²) in [4.78, 5) is 40.6. The van der Waals surface area contributed by atoms with E-state index < -0.39 is 29.2 Å². The van der Waals surface area contributed by atoms with Gasteiger partial charge in [0, 0.05) is 23.7 Å². The second-order valence-electron chi connectivity index (χ2n) is 10.7. The fraction of sp³-hybridized carbons (Fsp3) is 0.367. The van der Waals surface area contributed by atoms with E-state index in [1.54, 1.807) is 62.1 Å². The largest absolute Gasteiger partial charge is 0.341 e. The molecule has 9 heteroatoms. The van der Waals surface area contributed by atoms with Gasteiger partial charge in [0.15, 0.2) is 0 Å². The number of benzene rings is 2. The van der Waals surface area contributed by atoms with E-state index in [0.29, 0.717) is 36.0 Å². The Kier molecular flexibility index (Phi) is 7.95. The lowest BCUT2D eigenvalue weighted by atomic mass is 9.84. The monoisotopic (exact) mass is 529 g/mol. The Morgan fingerprint density at radius 1 is 1.21 bits per heavy atom. The van der Waals surface area contributed by atoms with Crippen LogP contribution in [0.15, 0.2) is 59.5 Å². The molecule has 202 valence electrons. The number of rotatable bonds is 7. The smallest absolute Gasteiger partial charge is 0.267 e. The quantitative estimate of drug-likeness (QED) is 0.475. The van der Waals surface area contributed by atoms with Crippen LogP contribution < -0.4 is 10.9 Å². The molecule has 4 rings (SSSR count). The fourth-order valence-corrected chi connectivity index (χ4v) is 5.26. The van der Waals surface area contributed by atoms with Crippen LogP contribution in [-0.4, -0.2) is 39.0 Å². The minimum Gasteiger partial charge on any atom is -0.341 e. The maximum atomic E-state index is 14.0. The van der Waals surface area contributed by atoms with Crippen LogP contribution in [0.1, 0.15) is 72.3 Å². The number of hydrogen-bond donors (Lipinski definition) is 2. The van der Waals surface area contributed by atoms with Crippen LogP contribution in [-0.2, 0) is 11.2 Å². The molecule has 1 saturated heterocycles. The van der Waals surface area contributed by atoms with Crippen molar-refractivity contribution in [1.29, 1.82) is 5.26 Å². The first-order valence-electron chi connectivity index (χ1n) is 12.9. The van der Waals surface area contributed by atoms with Crippen LogP contribution in [0.3, 0.4) is 0 Å². The third kappa shape index (κ3) is 5.90. The zero-order chi connectivity index (χ0) is 28.3. The van der Waals surface area contributed by atoms with E-state index in [1.807, 2.05) is 6.92 Å². The first kappa shape index (κ1) is 27.7. The molecule has 2 aromatic carbocycles. The summed E-state index contributed by atoms with van der Waals surface area (Å²) in [6, 6.07) is 13.6. The van der Waals surface area contributed by atoms with Crippen molar-refractivity contribution in [3.8, 4) is 6.07 Å². The van der Waals surface area contributed by atoms with Crippen LogP contribution in [0.4, 0.5) is 4.39 Å². The van der Waals surface area contributed by atoms with Crippen molar-refractivity contribution < 1.29 is 14.0 Å². The van der Waals surface area contributed by atoms with Crippen LogP contribution in [0, 0.1) is 29.5 Å². The molecule has 3 atom stereocenters. The highest BCUT2D eigenvalue weighted by atomic mass is 19.1. The average molecular weight is 530 g/mol. The molecule has 39 heavy (non-hydrogen) atoms. The van der Waals surface area contributed by atoms with Gasteiger partial charge in [0.2, 0.25) is 5.91 Å². The van der Waals surface area contributed by atoms with E-state index in [0.717, 1.165) is 11.1 Å². The number of carbonyl (C=O) groups excluding carboxylic acids is 2. The van der Waals surface area contributed by atoms with Crippen molar-refractivity contribution in [2.24, 2.45) is 5.41 Å². The molecule has 1 fully saturated rings. The van der Waals surface area contributed by atoms with Gasteiger partial charge in [-0.15, -0.1) is 0 Å². The number of likely N-dealkylation sites (tertiary alicyclic amines) is 1. The molecule has 8 nitrogen and oxygen atoms in total. The van der Waals surface area contributed by atoms with Crippen LogP contribution in [0.2, 0.25) is 0 Å². The molecule has 3 aromatic rings. The van der Waals surface area contributed by atoms with Gasteiger partial charge in [-0.3, -0.25) is 14.4 Å². The number of nitrogens with one attached hydrogen (secondary N) is 2. The summed E-state index contributed by atoms with van der Waals surface area (Å²) in [5.74, 6) is -1.13. The molecule has 1 aliphatic heterocycles. The van der Waals surface area contributed by atoms with Crippen molar-refractivity contribution in [2.75, 3.05) is 0 Å². The lowest BCUT2D eigenvalue weighted by Crippen LogP contribution is -2.52. The van der Waals surface area contributed by atoms with E-state index in [4.69, 9.17) is 0 Å². The molecule has 0 unspecified atom stereocenters. The summed E-state index contributed by atoms with van der Waals surface area (Å²) < 4.78 is 14.0. The van der Waals surface area contributed by atoms with Gasteiger partial charge in [0.05, 0.1) is 23.6 Å². The summed E-state index contributed by atoms with van der Waals surface area (Å²) in [7, 11) is 0. The Morgan fingerprint density at radius 2 is 1.97 bits per heavy atom. The molecule has 2 N–H and O–H groups in total. The van der Waals surface area contributed by atoms with Crippen molar-refractivity contribution in [3.63, 3.8) is 0 Å². The number of halogens is 1. The molecule has 0 aliphatic carbocycles. The van der Waals surface area contributed by atoms with Gasteiger partial charge in [-0.25, -0.2) is 9.49 Å². The minimum absolute atomic E-state index is 0.262. The molecule has 2 heterocycles. The van der Waals surface area contributed by atoms with E-state index in [1.165, 1.54) is 18.3 Å². The molecule has 1 aliphatic rings. The summed E-state index contributed by atoms with van der Waals surface area (Å²) in [5.41, 5.74) is 2.25. The standard InChI is InChI=1S/C30H32FN5O3/c1-18-14-22(9-8-20(18)15-23-12-13-33-35-28(23)38)27(37)34-19(2)29(39)36-25(21-6-5-7-24(31)16-21)10-11-26(36)30(3,4)17-32/h5-9,12-14,16,19,25-26H,10-11,15H2,1-4H3,(H,34,37)(H,35,38)/t19-,25+,26-/m1/s1. The lowest BCUT2D eigenvalue weighted by Gasteiger charge is -2.38. The molecule has 0 radical (unpaired) electrons. The summed E-state index contributed by atoms with van der Waals surface area (Å²) in [6.45, 7) is 7.06. The van der Waals surface area contributed by atoms with Gasteiger partial charge in [-0.05, 0) is 87.6 Å². The number of aryl methyl sites for hydroxylation is 1. The van der Waals surface area contributed by atoms with Crippen LogP contribution >= 0.6 is 0 Å².